The maximum atomic E-state index is 10.7. The number of unbranched alkanes of at least 4 members (excludes halogenated alkanes) is 8. The van der Waals surface area contributed by atoms with Gasteiger partial charge in [0, 0.05) is 6.08 Å². The summed E-state index contributed by atoms with van der Waals surface area (Å²) in [6.07, 6.45) is 12.9. The van der Waals surface area contributed by atoms with Crippen LogP contribution in [0.5, 0.6) is 0 Å². The Kier molecular flexibility index (Phi) is 18.5. The van der Waals surface area contributed by atoms with E-state index >= 15 is 0 Å². The first-order valence-corrected chi connectivity index (χ1v) is 9.20. The molecular weight excluding hydrogens is 303 g/mol. The molecule has 0 rings (SSSR count). The van der Waals surface area contributed by atoms with Crippen molar-refractivity contribution in [3.63, 3.8) is 0 Å². The summed E-state index contributed by atoms with van der Waals surface area (Å²) in [5.41, 5.74) is 0. The van der Waals surface area contributed by atoms with Gasteiger partial charge in [-0.25, -0.2) is 4.79 Å². The molecule has 0 amide bonds. The van der Waals surface area contributed by atoms with Crippen LogP contribution in [0.3, 0.4) is 0 Å². The molecule has 0 bridgehead atoms. The van der Waals surface area contributed by atoms with Crippen LogP contribution in [0.25, 0.3) is 0 Å². The number of hydrogen-bond donors (Lipinski definition) is 2. The molecule has 0 radical (unpaired) electrons. The standard InChI is InChI=1S/C14H25O2.Li.H2O4S/c1-3-5-6-7-8-9-10-11-12-13-16-14(15)4-2;;1-5(2,3)4/h4H,1-3,5-13H2;;(H2,1,2,3,4). The third-order valence-electron chi connectivity index (χ3n) is 2.91. The molecule has 0 fully saturated rings. The third-order valence-corrected chi connectivity index (χ3v) is 2.91. The zero-order valence-electron chi connectivity index (χ0n) is 13.5. The van der Waals surface area contributed by atoms with E-state index in [1.54, 1.807) is 0 Å². The second kappa shape index (κ2) is 17.0. The predicted octanol–water partition coefficient (Wildman–Crippen LogP) is 3.16. The van der Waals surface area contributed by atoms with Crippen molar-refractivity contribution < 1.29 is 27.1 Å². The van der Waals surface area contributed by atoms with Gasteiger partial charge in [-0.2, -0.15) is 8.42 Å². The van der Waals surface area contributed by atoms with Crippen LogP contribution < -0.4 is 0 Å². The van der Waals surface area contributed by atoms with Crippen molar-refractivity contribution in [2.75, 3.05) is 6.61 Å². The Morgan fingerprint density at radius 3 is 1.68 bits per heavy atom. The first kappa shape index (κ1) is 23.9. The molecular formula is C14H27LiO6S. The maximum absolute atomic E-state index is 10.7. The van der Waals surface area contributed by atoms with E-state index in [4.69, 9.17) is 22.3 Å². The quantitative estimate of drug-likeness (QED) is 0.187. The molecule has 0 atom stereocenters. The normalized spacial score (nSPS) is 10.5. The topological polar surface area (TPSA) is 101 Å². The summed E-state index contributed by atoms with van der Waals surface area (Å²) in [5.74, 6) is -0.305. The fourth-order valence-electron chi connectivity index (χ4n) is 1.82. The van der Waals surface area contributed by atoms with Gasteiger partial charge in [0.15, 0.2) is 0 Å². The molecule has 0 aromatic rings. The van der Waals surface area contributed by atoms with E-state index < -0.39 is 10.4 Å². The van der Waals surface area contributed by atoms with Gasteiger partial charge in [0.1, 0.15) is 0 Å². The van der Waals surface area contributed by atoms with E-state index in [2.05, 4.69) is 24.3 Å². The minimum absolute atomic E-state index is 0.305. The molecule has 0 aliphatic rings. The minimum atomic E-state index is -4.67. The molecule has 126 valence electrons. The van der Waals surface area contributed by atoms with Crippen LogP contribution in [0, 0.1) is 0 Å². The molecule has 0 saturated heterocycles. The van der Waals surface area contributed by atoms with Crippen LogP contribution >= 0.6 is 0 Å². The van der Waals surface area contributed by atoms with Gasteiger partial charge in [0.05, 0.1) is 0 Å². The zero-order chi connectivity index (χ0) is 17.3. The number of esters is 1. The Morgan fingerprint density at radius 2 is 1.32 bits per heavy atom. The van der Waals surface area contributed by atoms with Crippen LogP contribution in [0.15, 0.2) is 12.7 Å². The molecule has 22 heavy (non-hydrogen) atoms. The van der Waals surface area contributed by atoms with Crippen LogP contribution in [0.2, 0.25) is 5.09 Å². The van der Waals surface area contributed by atoms with Crippen molar-refractivity contribution in [2.45, 2.75) is 62.9 Å². The average Bonchev–Trinajstić information content (AvgIpc) is 2.42. The number of ether oxygens (including phenoxy) is 1. The van der Waals surface area contributed by atoms with E-state index in [9.17, 15) is 4.79 Å². The number of hydrogen-bond acceptors (Lipinski definition) is 4. The van der Waals surface area contributed by atoms with Gasteiger partial charge < -0.3 is 0 Å². The Bertz CT molecular complexity index is 362. The number of carbonyl (C=O) groups excluding carboxylic acids is 1. The fourth-order valence-corrected chi connectivity index (χ4v) is 1.82. The van der Waals surface area contributed by atoms with Gasteiger partial charge in [-0.05, 0) is 0 Å². The van der Waals surface area contributed by atoms with Gasteiger partial charge in [-0.15, -0.1) is 0 Å². The second-order valence-corrected chi connectivity index (χ2v) is 5.90. The molecule has 0 aliphatic heterocycles. The first-order chi connectivity index (χ1) is 10.3. The summed E-state index contributed by atoms with van der Waals surface area (Å²) in [6.45, 7) is 3.90. The molecule has 0 saturated carbocycles. The molecule has 0 spiro atoms. The summed E-state index contributed by atoms with van der Waals surface area (Å²) in [7, 11) is -4.67. The summed E-state index contributed by atoms with van der Waals surface area (Å²) in [6, 6.07) is 0. The van der Waals surface area contributed by atoms with E-state index in [-0.39, 0.29) is 5.97 Å². The Balaban J connectivity index is 0. The smallest absolute Gasteiger partial charge is 0.247 e. The van der Waals surface area contributed by atoms with E-state index in [1.807, 2.05) is 0 Å². The Labute approximate surface area is 143 Å². The zero-order valence-corrected chi connectivity index (χ0v) is 14.3. The van der Waals surface area contributed by atoms with E-state index in [0.717, 1.165) is 6.42 Å². The van der Waals surface area contributed by atoms with E-state index in [1.165, 1.54) is 62.5 Å². The molecule has 8 heteroatoms. The summed E-state index contributed by atoms with van der Waals surface area (Å²) in [4.78, 5) is 10.7. The summed E-state index contributed by atoms with van der Waals surface area (Å²) in [5, 5.41) is 1.32. The fraction of sp³-hybridized carbons (Fsp3) is 0.786. The van der Waals surface area contributed by atoms with Crippen molar-refractivity contribution in [1.29, 1.82) is 0 Å². The summed E-state index contributed by atoms with van der Waals surface area (Å²) < 4.78 is 36.5. The molecule has 0 unspecified atom stereocenters. The number of carbonyl (C=O) groups is 1. The van der Waals surface area contributed by atoms with Crippen LogP contribution in [-0.2, 0) is 19.9 Å². The van der Waals surface area contributed by atoms with Gasteiger partial charge in [-0.3, -0.25) is 9.11 Å². The van der Waals surface area contributed by atoms with Gasteiger partial charge >= 0.3 is 108 Å². The Hall–Kier alpha value is -0.323. The first-order valence-electron chi connectivity index (χ1n) is 7.80. The molecule has 0 aromatic carbocycles. The van der Waals surface area contributed by atoms with Crippen molar-refractivity contribution in [3.05, 3.63) is 12.7 Å². The van der Waals surface area contributed by atoms with Crippen molar-refractivity contribution in [3.8, 4) is 0 Å². The van der Waals surface area contributed by atoms with Crippen LogP contribution in [0.1, 0.15) is 57.8 Å². The third kappa shape index (κ3) is 31.9. The number of rotatable bonds is 12. The van der Waals surface area contributed by atoms with Crippen LogP contribution in [0.4, 0.5) is 0 Å². The molecule has 2 N–H and O–H groups in total. The molecule has 0 aliphatic carbocycles. The Morgan fingerprint density at radius 1 is 0.955 bits per heavy atom. The summed E-state index contributed by atoms with van der Waals surface area (Å²) >= 11 is 2.25. The van der Waals surface area contributed by atoms with Crippen molar-refractivity contribution in [2.24, 2.45) is 0 Å². The minimum Gasteiger partial charge on any atom is -0.247 e. The second-order valence-electron chi connectivity index (χ2n) is 5.00. The average molecular weight is 330 g/mol. The van der Waals surface area contributed by atoms with Crippen molar-refractivity contribution in [1.82, 2.24) is 0 Å². The molecule has 0 aromatic heterocycles. The van der Waals surface area contributed by atoms with Gasteiger partial charge in [0.25, 0.3) is 0 Å². The van der Waals surface area contributed by atoms with Crippen LogP contribution in [-0.4, -0.2) is 47.8 Å². The SMILES string of the molecule is O=S(=O)(O)O.[Li][CH2]CCCCCCCCCCOC(=O)C=C. The van der Waals surface area contributed by atoms with Crippen molar-refractivity contribution >= 4 is 34.1 Å². The molecule has 0 heterocycles. The monoisotopic (exact) mass is 330 g/mol. The molecule has 6 nitrogen and oxygen atoms in total. The van der Waals surface area contributed by atoms with Gasteiger partial charge in [0.2, 0.25) is 0 Å². The van der Waals surface area contributed by atoms with Gasteiger partial charge in [-0.1, -0.05) is 6.58 Å². The van der Waals surface area contributed by atoms with E-state index in [0.29, 0.717) is 6.61 Å². The predicted molar refractivity (Wildman–Crippen MR) is 87.4 cm³/mol.